The highest BCUT2D eigenvalue weighted by molar-refractivity contribution is 7.17. The molecular formula is C23H19N3O3S. The van der Waals surface area contributed by atoms with Gasteiger partial charge in [-0.2, -0.15) is 0 Å². The van der Waals surface area contributed by atoms with Crippen molar-refractivity contribution < 1.29 is 9.53 Å². The number of fused-ring (bicyclic) bond motifs is 4. The largest absolute Gasteiger partial charge is 0.488 e. The normalized spacial score (nSPS) is 12.2. The van der Waals surface area contributed by atoms with Crippen LogP contribution in [-0.2, 0) is 13.2 Å². The zero-order valence-corrected chi connectivity index (χ0v) is 17.2. The number of aromatic nitrogens is 2. The first-order chi connectivity index (χ1) is 14.6. The van der Waals surface area contributed by atoms with E-state index in [4.69, 9.17) is 4.74 Å². The van der Waals surface area contributed by atoms with Gasteiger partial charge in [0.15, 0.2) is 0 Å². The topological polar surface area (TPSA) is 75.3 Å². The van der Waals surface area contributed by atoms with Crippen LogP contribution in [0.3, 0.4) is 0 Å². The van der Waals surface area contributed by atoms with Crippen LogP contribution >= 0.6 is 11.3 Å². The number of rotatable bonds is 4. The second kappa shape index (κ2) is 7.42. The van der Waals surface area contributed by atoms with E-state index in [1.165, 1.54) is 11.3 Å². The number of nitrogens with zero attached hydrogens (tertiary/aromatic N) is 2. The summed E-state index contributed by atoms with van der Waals surface area (Å²) < 4.78 is 5.81. The van der Waals surface area contributed by atoms with Crippen molar-refractivity contribution >= 4 is 28.1 Å². The Kier molecular flexibility index (Phi) is 4.59. The molecule has 1 aliphatic rings. The molecule has 0 bridgehead atoms. The van der Waals surface area contributed by atoms with Crippen molar-refractivity contribution in [2.24, 2.45) is 0 Å². The third-order valence-corrected chi connectivity index (χ3v) is 6.40. The quantitative estimate of drug-likeness (QED) is 0.540. The number of thiophene rings is 1. The van der Waals surface area contributed by atoms with E-state index in [1.54, 1.807) is 23.1 Å². The fourth-order valence-corrected chi connectivity index (χ4v) is 4.84. The number of hydrogen-bond acceptors (Lipinski definition) is 5. The van der Waals surface area contributed by atoms with Gasteiger partial charge in [0.1, 0.15) is 18.2 Å². The Bertz CT molecular complexity index is 1320. The molecule has 1 aliphatic heterocycles. The number of benzene rings is 2. The zero-order chi connectivity index (χ0) is 20.7. The van der Waals surface area contributed by atoms with E-state index < -0.39 is 0 Å². The van der Waals surface area contributed by atoms with Gasteiger partial charge >= 0.3 is 0 Å². The van der Waals surface area contributed by atoms with E-state index in [0.717, 1.165) is 21.8 Å². The van der Waals surface area contributed by atoms with Gasteiger partial charge in [-0.1, -0.05) is 24.3 Å². The molecule has 6 nitrogen and oxygen atoms in total. The van der Waals surface area contributed by atoms with Crippen LogP contribution in [0.5, 0.6) is 5.75 Å². The number of carbonyl (C=O) groups is 1. The van der Waals surface area contributed by atoms with Crippen molar-refractivity contribution in [3.05, 3.63) is 81.2 Å². The second-order valence-electron chi connectivity index (χ2n) is 7.10. The molecular weight excluding hydrogens is 398 g/mol. The maximum atomic E-state index is 13.2. The maximum Gasteiger partial charge on any atom is 0.264 e. The van der Waals surface area contributed by atoms with E-state index in [-0.39, 0.29) is 18.0 Å². The Morgan fingerprint density at radius 1 is 1.20 bits per heavy atom. The molecule has 2 aromatic carbocycles. The number of aromatic amines is 1. The van der Waals surface area contributed by atoms with Crippen molar-refractivity contribution in [2.75, 3.05) is 6.54 Å². The summed E-state index contributed by atoms with van der Waals surface area (Å²) in [6.45, 7) is 3.13. The van der Waals surface area contributed by atoms with Gasteiger partial charge in [0, 0.05) is 22.5 Å². The van der Waals surface area contributed by atoms with Crippen molar-refractivity contribution in [1.29, 1.82) is 0 Å². The summed E-state index contributed by atoms with van der Waals surface area (Å²) in [5.74, 6) is 1.24. The summed E-state index contributed by atoms with van der Waals surface area (Å²) in [7, 11) is 0. The van der Waals surface area contributed by atoms with Crippen LogP contribution in [0.1, 0.15) is 28.0 Å². The van der Waals surface area contributed by atoms with E-state index >= 15 is 0 Å². The van der Waals surface area contributed by atoms with E-state index in [2.05, 4.69) is 9.97 Å². The average molecular weight is 417 g/mol. The van der Waals surface area contributed by atoms with Crippen LogP contribution in [0.2, 0.25) is 0 Å². The van der Waals surface area contributed by atoms with Gasteiger partial charge in [-0.3, -0.25) is 9.59 Å². The number of nitrogens with one attached hydrogen (secondary N) is 1. The lowest BCUT2D eigenvalue weighted by molar-refractivity contribution is 0.0753. The summed E-state index contributed by atoms with van der Waals surface area (Å²) >= 11 is 1.48. The van der Waals surface area contributed by atoms with Crippen molar-refractivity contribution in [3.8, 4) is 16.2 Å². The number of amides is 1. The van der Waals surface area contributed by atoms with Crippen LogP contribution in [-0.4, -0.2) is 27.3 Å². The second-order valence-corrected chi connectivity index (χ2v) is 8.15. The van der Waals surface area contributed by atoms with Gasteiger partial charge in [-0.15, -0.1) is 11.3 Å². The predicted molar refractivity (Wildman–Crippen MR) is 117 cm³/mol. The summed E-state index contributed by atoms with van der Waals surface area (Å²) in [6.07, 6.45) is 0. The predicted octanol–water partition coefficient (Wildman–Crippen LogP) is 4.21. The number of hydrogen-bond donors (Lipinski definition) is 1. The third-order valence-electron chi connectivity index (χ3n) is 5.21. The molecule has 1 amide bonds. The minimum Gasteiger partial charge on any atom is -0.488 e. The summed E-state index contributed by atoms with van der Waals surface area (Å²) in [5, 5.41) is 0.542. The number of para-hydroxylation sites is 2. The molecule has 0 spiro atoms. The van der Waals surface area contributed by atoms with Crippen LogP contribution in [0, 0.1) is 0 Å². The molecule has 0 unspecified atom stereocenters. The van der Waals surface area contributed by atoms with E-state index in [1.807, 2.05) is 43.3 Å². The third kappa shape index (κ3) is 3.17. The van der Waals surface area contributed by atoms with Gasteiger partial charge in [0.05, 0.1) is 22.3 Å². The molecule has 0 saturated heterocycles. The lowest BCUT2D eigenvalue weighted by Gasteiger charge is -2.19. The first-order valence-corrected chi connectivity index (χ1v) is 10.6. The van der Waals surface area contributed by atoms with E-state index in [0.29, 0.717) is 34.8 Å². The Balaban J connectivity index is 1.45. The standard InChI is InChI=1S/C23H19N3O3S/c1-2-26(12-20-24-17-9-5-3-7-15(17)22(27)25-20)23(28)19-11-14-13-29-18-10-6-4-8-16(18)21(14)30-19/h3-11H,2,12-13H2,1H3,(H,24,25,27). The lowest BCUT2D eigenvalue weighted by atomic mass is 10.1. The maximum absolute atomic E-state index is 13.2. The smallest absolute Gasteiger partial charge is 0.264 e. The molecule has 150 valence electrons. The molecule has 0 aliphatic carbocycles. The molecule has 4 aromatic rings. The molecule has 0 radical (unpaired) electrons. The van der Waals surface area contributed by atoms with Crippen LogP contribution in [0.15, 0.2) is 59.4 Å². The zero-order valence-electron chi connectivity index (χ0n) is 16.3. The summed E-state index contributed by atoms with van der Waals surface area (Å²) in [6, 6.07) is 17.0. The average Bonchev–Trinajstić information content (AvgIpc) is 3.22. The Labute approximate surface area is 176 Å². The fourth-order valence-electron chi connectivity index (χ4n) is 3.68. The Morgan fingerprint density at radius 3 is 2.87 bits per heavy atom. The number of ether oxygens (including phenoxy) is 1. The SMILES string of the molecule is CCN(Cc1nc2ccccc2c(=O)[nH]1)C(=O)c1cc2c(s1)-c1ccccc1OC2. The molecule has 3 heterocycles. The first kappa shape index (κ1) is 18.6. The molecule has 7 heteroatoms. The molecule has 1 N–H and O–H groups in total. The van der Waals surface area contributed by atoms with Crippen LogP contribution in [0.4, 0.5) is 0 Å². The Morgan fingerprint density at radius 2 is 2.00 bits per heavy atom. The van der Waals surface area contributed by atoms with Gasteiger partial charge in [-0.25, -0.2) is 4.98 Å². The molecule has 5 rings (SSSR count). The van der Waals surface area contributed by atoms with Gasteiger partial charge in [-0.05, 0) is 37.3 Å². The lowest BCUT2D eigenvalue weighted by Crippen LogP contribution is -2.31. The highest BCUT2D eigenvalue weighted by atomic mass is 32.1. The van der Waals surface area contributed by atoms with Gasteiger partial charge in [0.2, 0.25) is 0 Å². The van der Waals surface area contributed by atoms with Crippen molar-refractivity contribution in [2.45, 2.75) is 20.1 Å². The summed E-state index contributed by atoms with van der Waals surface area (Å²) in [5.41, 5.74) is 2.47. The Hall–Kier alpha value is -3.45. The molecule has 0 fully saturated rings. The molecule has 2 aromatic heterocycles. The number of H-pyrrole nitrogens is 1. The van der Waals surface area contributed by atoms with Gasteiger partial charge in [0.25, 0.3) is 11.5 Å². The fraction of sp³-hybridized carbons (Fsp3) is 0.174. The molecule has 30 heavy (non-hydrogen) atoms. The van der Waals surface area contributed by atoms with Crippen LogP contribution in [0.25, 0.3) is 21.3 Å². The summed E-state index contributed by atoms with van der Waals surface area (Å²) in [4.78, 5) is 36.3. The number of carbonyl (C=O) groups excluding carboxylic acids is 1. The first-order valence-electron chi connectivity index (χ1n) is 9.76. The highest BCUT2D eigenvalue weighted by Crippen LogP contribution is 2.42. The van der Waals surface area contributed by atoms with Crippen LogP contribution < -0.4 is 10.3 Å². The van der Waals surface area contributed by atoms with Crippen molar-refractivity contribution in [3.63, 3.8) is 0 Å². The van der Waals surface area contributed by atoms with E-state index in [9.17, 15) is 9.59 Å². The molecule has 0 atom stereocenters. The van der Waals surface area contributed by atoms with Gasteiger partial charge < -0.3 is 14.6 Å². The molecule has 0 saturated carbocycles. The van der Waals surface area contributed by atoms with Crippen molar-refractivity contribution in [1.82, 2.24) is 14.9 Å². The highest BCUT2D eigenvalue weighted by Gasteiger charge is 2.25. The minimum atomic E-state index is -0.195. The minimum absolute atomic E-state index is 0.0785. The monoisotopic (exact) mass is 417 g/mol.